The van der Waals surface area contributed by atoms with Crippen LogP contribution in [0, 0.1) is 12.4 Å². The van der Waals surface area contributed by atoms with Gasteiger partial charge in [-0.25, -0.2) is 27.0 Å². The average molecular weight is 566 g/mol. The Kier molecular flexibility index (Phi) is 6.59. The molecule has 6 nitrogen and oxygen atoms in total. The second-order valence-electron chi connectivity index (χ2n) is 7.86. The van der Waals surface area contributed by atoms with Gasteiger partial charge in [-0.05, 0) is 17.7 Å². The quantitative estimate of drug-likeness (QED) is 0.395. The average Bonchev–Trinajstić information content (AvgIpc) is 3.32. The van der Waals surface area contributed by atoms with Crippen LogP contribution in [0.1, 0.15) is 38.6 Å². The highest BCUT2D eigenvalue weighted by atomic mass is 79.9. The monoisotopic (exact) mass is 565 g/mol. The number of halogens is 3. The first-order valence-corrected chi connectivity index (χ1v) is 13.4. The number of rotatable bonds is 4. The van der Waals surface area contributed by atoms with E-state index in [4.69, 9.17) is 6.57 Å². The summed E-state index contributed by atoms with van der Waals surface area (Å²) < 4.78 is 56.6. The van der Waals surface area contributed by atoms with Gasteiger partial charge < -0.3 is 4.90 Å². The third kappa shape index (κ3) is 4.26. The van der Waals surface area contributed by atoms with E-state index in [2.05, 4.69) is 25.8 Å². The number of amides is 1. The third-order valence-corrected chi connectivity index (χ3v) is 9.90. The highest BCUT2D eigenvalue weighted by Gasteiger charge is 2.53. The van der Waals surface area contributed by atoms with E-state index in [0.29, 0.717) is 14.9 Å². The van der Waals surface area contributed by atoms with Crippen molar-refractivity contribution < 1.29 is 22.0 Å². The second-order valence-corrected chi connectivity index (χ2v) is 12.1. The topological polar surface area (TPSA) is 71.7 Å². The summed E-state index contributed by atoms with van der Waals surface area (Å²) in [6.45, 7) is 8.03. The van der Waals surface area contributed by atoms with E-state index < -0.39 is 44.8 Å². The Labute approximate surface area is 208 Å². The number of hydrogen-bond acceptors (Lipinski definition) is 5. The minimum Gasteiger partial charge on any atom is -0.333 e. The molecule has 0 bridgehead atoms. The summed E-state index contributed by atoms with van der Waals surface area (Å²) in [5.74, 6) is -2.03. The predicted octanol–water partition coefficient (Wildman–Crippen LogP) is 5.44. The van der Waals surface area contributed by atoms with Gasteiger partial charge in [-0.2, -0.15) is 0 Å². The molecule has 11 heteroatoms. The van der Waals surface area contributed by atoms with Crippen molar-refractivity contribution >= 4 is 48.7 Å². The van der Waals surface area contributed by atoms with E-state index in [1.807, 2.05) is 0 Å². The molecule has 2 atom stereocenters. The van der Waals surface area contributed by atoms with Gasteiger partial charge in [0.25, 0.3) is 10.9 Å². The zero-order chi connectivity index (χ0) is 24.7. The molecule has 1 aliphatic heterocycles. The van der Waals surface area contributed by atoms with Crippen LogP contribution >= 0.6 is 27.3 Å². The van der Waals surface area contributed by atoms with Crippen LogP contribution in [0.15, 0.2) is 53.1 Å². The smallest absolute Gasteiger partial charge is 0.278 e. The summed E-state index contributed by atoms with van der Waals surface area (Å²) in [7, 11) is -4.27. The molecule has 1 saturated heterocycles. The van der Waals surface area contributed by atoms with Gasteiger partial charge in [0.05, 0.1) is 18.9 Å². The van der Waals surface area contributed by atoms with Crippen LogP contribution < -0.4 is 0 Å². The van der Waals surface area contributed by atoms with Crippen LogP contribution in [-0.4, -0.2) is 43.1 Å². The first-order valence-electron chi connectivity index (χ1n) is 10.2. The molecule has 4 rings (SSSR count). The number of aromatic nitrogens is 1. The lowest BCUT2D eigenvalue weighted by atomic mass is 10.00. The molecule has 1 aliphatic rings. The summed E-state index contributed by atoms with van der Waals surface area (Å²) in [6.07, 6.45) is 1.35. The van der Waals surface area contributed by atoms with E-state index in [0.717, 1.165) is 16.2 Å². The summed E-state index contributed by atoms with van der Waals surface area (Å²) in [5, 5.41) is -3.18. The molecular formula is C23H18BrF2N3O3S2. The summed E-state index contributed by atoms with van der Waals surface area (Å²) >= 11 is 4.08. The van der Waals surface area contributed by atoms with Crippen molar-refractivity contribution in [3.8, 4) is 0 Å². The number of alkyl halides is 1. The number of sulfone groups is 1. The van der Waals surface area contributed by atoms with Crippen LogP contribution in [0.4, 0.5) is 14.5 Å². The van der Waals surface area contributed by atoms with E-state index >= 15 is 4.39 Å². The van der Waals surface area contributed by atoms with E-state index in [1.165, 1.54) is 24.4 Å². The molecule has 1 amide bonds. The zero-order valence-corrected chi connectivity index (χ0v) is 21.1. The van der Waals surface area contributed by atoms with Crippen LogP contribution in [0.25, 0.3) is 4.85 Å². The predicted molar refractivity (Wildman–Crippen MR) is 129 cm³/mol. The number of nitrogens with zero attached hydrogens (tertiary/aromatic N) is 3. The molecule has 0 unspecified atom stereocenters. The molecule has 2 aromatic carbocycles. The summed E-state index contributed by atoms with van der Waals surface area (Å²) in [5.41, 5.74) is 0.761. The molecule has 0 aliphatic carbocycles. The highest BCUT2D eigenvalue weighted by Crippen LogP contribution is 2.41. The van der Waals surface area contributed by atoms with Gasteiger partial charge in [0.15, 0.2) is 9.84 Å². The SMILES string of the molecule is [C-]#[N+]c1cc(C(=O)N2CCS(=O)(=O)[C@@](F)(c3ncc([C@@H](C)c4ccccc4F)s3)C2)ccc1Br. The zero-order valence-electron chi connectivity index (χ0n) is 17.8. The number of carbonyl (C=O) groups is 1. The van der Waals surface area contributed by atoms with Crippen molar-refractivity contribution in [2.24, 2.45) is 0 Å². The maximum Gasteiger partial charge on any atom is 0.278 e. The standard InChI is InChI=1S/C23H18BrF2N3O3S2/c1-14(16-5-3-4-6-18(16)25)20-12-28-22(33-20)23(26)13-29(9-10-34(23,31)32)21(30)15-7-8-17(24)19(11-15)27-2/h3-8,11-12,14H,9-10,13H2,1H3/t14-,23+/m0/s1. The lowest BCUT2D eigenvalue weighted by Crippen LogP contribution is -2.53. The van der Waals surface area contributed by atoms with Gasteiger partial charge in [0.1, 0.15) is 10.8 Å². The molecule has 1 fully saturated rings. The molecule has 1 aromatic heterocycles. The highest BCUT2D eigenvalue weighted by molar-refractivity contribution is 9.10. The lowest BCUT2D eigenvalue weighted by Gasteiger charge is -2.35. The molecule has 0 saturated carbocycles. The Morgan fingerprint density at radius 2 is 2.06 bits per heavy atom. The number of hydrogen-bond donors (Lipinski definition) is 0. The maximum absolute atomic E-state index is 16.2. The molecule has 2 heterocycles. The molecule has 0 N–H and O–H groups in total. The Balaban J connectivity index is 1.65. The number of benzene rings is 2. The fraction of sp³-hybridized carbons (Fsp3) is 0.261. The van der Waals surface area contributed by atoms with Gasteiger partial charge in [0, 0.05) is 33.6 Å². The van der Waals surface area contributed by atoms with Gasteiger partial charge in [-0.15, -0.1) is 11.3 Å². The van der Waals surface area contributed by atoms with Crippen molar-refractivity contribution in [3.05, 3.63) is 91.4 Å². The van der Waals surface area contributed by atoms with Gasteiger partial charge >= 0.3 is 0 Å². The van der Waals surface area contributed by atoms with Crippen molar-refractivity contribution in [3.63, 3.8) is 0 Å². The van der Waals surface area contributed by atoms with Crippen LogP contribution in [0.2, 0.25) is 0 Å². The number of carbonyl (C=O) groups excluding carboxylic acids is 1. The molecule has 0 radical (unpaired) electrons. The Morgan fingerprint density at radius 3 is 2.76 bits per heavy atom. The Bertz CT molecular complexity index is 1420. The normalized spacial score (nSPS) is 20.5. The summed E-state index contributed by atoms with van der Waals surface area (Å²) in [4.78, 5) is 22.0. The van der Waals surface area contributed by atoms with Crippen molar-refractivity contribution in [1.82, 2.24) is 9.88 Å². The maximum atomic E-state index is 16.2. The van der Waals surface area contributed by atoms with Gasteiger partial charge in [-0.1, -0.05) is 53.2 Å². The fourth-order valence-electron chi connectivity index (χ4n) is 3.74. The lowest BCUT2D eigenvalue weighted by molar-refractivity contribution is 0.0666. The minimum absolute atomic E-state index is 0.156. The van der Waals surface area contributed by atoms with Gasteiger partial charge in [0.2, 0.25) is 5.69 Å². The van der Waals surface area contributed by atoms with E-state index in [-0.39, 0.29) is 22.8 Å². The van der Waals surface area contributed by atoms with E-state index in [9.17, 15) is 17.6 Å². The fourth-order valence-corrected chi connectivity index (χ4v) is 6.99. The minimum atomic E-state index is -4.27. The second kappa shape index (κ2) is 9.17. The van der Waals surface area contributed by atoms with Crippen molar-refractivity contribution in [2.75, 3.05) is 18.8 Å². The Morgan fingerprint density at radius 1 is 1.32 bits per heavy atom. The van der Waals surface area contributed by atoms with Crippen LogP contribution in [0.3, 0.4) is 0 Å². The van der Waals surface area contributed by atoms with Crippen LogP contribution in [-0.2, 0) is 14.8 Å². The van der Waals surface area contributed by atoms with E-state index in [1.54, 1.807) is 31.2 Å². The Hall–Kier alpha value is -2.68. The van der Waals surface area contributed by atoms with Crippen molar-refractivity contribution in [2.45, 2.75) is 17.8 Å². The summed E-state index contributed by atoms with van der Waals surface area (Å²) in [6, 6.07) is 10.6. The first-order chi connectivity index (χ1) is 16.1. The molecule has 34 heavy (non-hydrogen) atoms. The first kappa shape index (κ1) is 24.4. The molecule has 0 spiro atoms. The molecular weight excluding hydrogens is 548 g/mol. The number of thiazole rings is 1. The third-order valence-electron chi connectivity index (χ3n) is 5.76. The molecule has 3 aromatic rings. The van der Waals surface area contributed by atoms with Crippen molar-refractivity contribution in [1.29, 1.82) is 0 Å². The largest absolute Gasteiger partial charge is 0.333 e. The van der Waals surface area contributed by atoms with Gasteiger partial charge in [-0.3, -0.25) is 4.79 Å². The van der Waals surface area contributed by atoms with Crippen LogP contribution in [0.5, 0.6) is 0 Å². The molecule has 176 valence electrons.